The van der Waals surface area contributed by atoms with Crippen molar-refractivity contribution in [2.45, 2.75) is 51.7 Å². The Bertz CT molecular complexity index is 460. The fourth-order valence-corrected chi connectivity index (χ4v) is 4.11. The van der Waals surface area contributed by atoms with Gasteiger partial charge in [0.25, 0.3) is 0 Å². The average Bonchev–Trinajstić information content (AvgIpc) is 2.44. The summed E-state index contributed by atoms with van der Waals surface area (Å²) in [5, 5.41) is 3.73. The quantitative estimate of drug-likeness (QED) is 0.914. The third-order valence-corrected chi connectivity index (χ3v) is 5.26. The molecule has 1 aliphatic heterocycles. The largest absolute Gasteiger partial charge is 0.309 e. The van der Waals surface area contributed by atoms with Gasteiger partial charge in [-0.1, -0.05) is 18.6 Å². The van der Waals surface area contributed by atoms with Crippen LogP contribution in [0.1, 0.15) is 38.7 Å². The van der Waals surface area contributed by atoms with E-state index in [1.807, 2.05) is 6.07 Å². The van der Waals surface area contributed by atoms with Crippen LogP contribution in [0.3, 0.4) is 0 Å². The van der Waals surface area contributed by atoms with Gasteiger partial charge in [0.2, 0.25) is 0 Å². The lowest BCUT2D eigenvalue weighted by molar-refractivity contribution is 0.0290. The fraction of sp³-hybridized carbons (Fsp3) is 0.667. The van der Waals surface area contributed by atoms with Crippen molar-refractivity contribution < 1.29 is 4.39 Å². The molecule has 2 aliphatic rings. The van der Waals surface area contributed by atoms with Crippen molar-refractivity contribution in [1.82, 2.24) is 10.2 Å². The third kappa shape index (κ3) is 3.46. The smallest absolute Gasteiger partial charge is 0.123 e. The molecular weight excluding hydrogens is 263 g/mol. The maximum atomic E-state index is 13.3. The van der Waals surface area contributed by atoms with Crippen LogP contribution >= 0.6 is 0 Å². The van der Waals surface area contributed by atoms with Gasteiger partial charge in [0, 0.05) is 31.7 Å². The molecule has 1 saturated heterocycles. The Hall–Kier alpha value is -0.930. The van der Waals surface area contributed by atoms with Crippen LogP contribution in [0.5, 0.6) is 0 Å². The second-order valence-corrected chi connectivity index (χ2v) is 7.04. The van der Waals surface area contributed by atoms with Crippen LogP contribution in [0.25, 0.3) is 0 Å². The summed E-state index contributed by atoms with van der Waals surface area (Å²) in [4.78, 5) is 2.63. The number of halogens is 1. The van der Waals surface area contributed by atoms with Crippen molar-refractivity contribution in [1.29, 1.82) is 0 Å². The lowest BCUT2D eigenvalue weighted by Gasteiger charge is -2.49. The molecule has 0 amide bonds. The first-order valence-electron chi connectivity index (χ1n) is 8.35. The first-order chi connectivity index (χ1) is 10.1. The molecule has 1 N–H and O–H groups in total. The van der Waals surface area contributed by atoms with Crippen LogP contribution in [0.4, 0.5) is 4.39 Å². The van der Waals surface area contributed by atoms with Gasteiger partial charge in [0.15, 0.2) is 0 Å². The average molecular weight is 290 g/mol. The van der Waals surface area contributed by atoms with Crippen molar-refractivity contribution in [2.24, 2.45) is 11.8 Å². The molecule has 3 rings (SSSR count). The normalized spacial score (nSPS) is 29.8. The number of hydrogen-bond acceptors (Lipinski definition) is 2. The summed E-state index contributed by atoms with van der Waals surface area (Å²) in [5.74, 6) is 1.38. The number of hydrogen-bond donors (Lipinski definition) is 1. The summed E-state index contributed by atoms with van der Waals surface area (Å²) in [5.41, 5.74) is 1.05. The lowest BCUT2D eigenvalue weighted by atomic mass is 9.73. The van der Waals surface area contributed by atoms with Crippen LogP contribution < -0.4 is 5.32 Å². The lowest BCUT2D eigenvalue weighted by Crippen LogP contribution is -2.58. The molecule has 2 nitrogen and oxygen atoms in total. The molecular formula is C18H27FN2. The van der Waals surface area contributed by atoms with Gasteiger partial charge < -0.3 is 10.2 Å². The minimum atomic E-state index is -0.135. The summed E-state index contributed by atoms with van der Waals surface area (Å²) in [6, 6.07) is 8.23. The van der Waals surface area contributed by atoms with Crippen LogP contribution in [-0.2, 0) is 6.54 Å². The number of likely N-dealkylation sites (tertiary alicyclic amines) is 1. The molecule has 3 heteroatoms. The number of benzene rings is 1. The summed E-state index contributed by atoms with van der Waals surface area (Å²) in [6.07, 6.45) is 4.04. The van der Waals surface area contributed by atoms with Crippen LogP contribution in [0.15, 0.2) is 24.3 Å². The number of piperidine rings is 1. The highest BCUT2D eigenvalue weighted by molar-refractivity contribution is 5.16. The van der Waals surface area contributed by atoms with Crippen LogP contribution in [-0.4, -0.2) is 30.1 Å². The highest BCUT2D eigenvalue weighted by atomic mass is 19.1. The molecule has 21 heavy (non-hydrogen) atoms. The molecule has 1 aliphatic carbocycles. The van der Waals surface area contributed by atoms with Gasteiger partial charge in [0.05, 0.1) is 0 Å². The molecule has 2 fully saturated rings. The van der Waals surface area contributed by atoms with Crippen molar-refractivity contribution in [3.63, 3.8) is 0 Å². The Morgan fingerprint density at radius 1 is 1.24 bits per heavy atom. The maximum Gasteiger partial charge on any atom is 0.123 e. The van der Waals surface area contributed by atoms with E-state index >= 15 is 0 Å². The number of fused-ring (bicyclic) bond motifs is 2. The summed E-state index contributed by atoms with van der Waals surface area (Å²) in [6.45, 7) is 7.83. The first-order valence-corrected chi connectivity index (χ1v) is 8.35. The first kappa shape index (κ1) is 15.0. The number of rotatable bonds is 4. The van der Waals surface area contributed by atoms with Gasteiger partial charge in [-0.25, -0.2) is 4.39 Å². The van der Waals surface area contributed by atoms with Gasteiger partial charge in [-0.15, -0.1) is 0 Å². The van der Waals surface area contributed by atoms with Gasteiger partial charge in [0.1, 0.15) is 5.82 Å². The molecule has 1 heterocycles. The molecule has 0 spiro atoms. The van der Waals surface area contributed by atoms with Gasteiger partial charge >= 0.3 is 0 Å². The monoisotopic (exact) mass is 290 g/mol. The SMILES string of the molecule is CC(C)N1CC2CCCC(C1)C2NCc1cccc(F)c1. The molecule has 116 valence electrons. The van der Waals surface area contributed by atoms with Crippen molar-refractivity contribution in [2.75, 3.05) is 13.1 Å². The molecule has 1 aromatic carbocycles. The molecule has 0 aromatic heterocycles. The molecule has 1 aromatic rings. The van der Waals surface area contributed by atoms with E-state index in [9.17, 15) is 4.39 Å². The van der Waals surface area contributed by atoms with E-state index in [1.165, 1.54) is 38.4 Å². The second-order valence-electron chi connectivity index (χ2n) is 7.04. The predicted octanol–water partition coefficient (Wildman–Crippen LogP) is 3.42. The van der Waals surface area contributed by atoms with Gasteiger partial charge in [-0.3, -0.25) is 0 Å². The van der Waals surface area contributed by atoms with Crippen molar-refractivity contribution >= 4 is 0 Å². The van der Waals surface area contributed by atoms with E-state index in [1.54, 1.807) is 12.1 Å². The Morgan fingerprint density at radius 2 is 1.95 bits per heavy atom. The van der Waals surface area contributed by atoms with Gasteiger partial charge in [-0.05, 0) is 56.2 Å². The number of nitrogens with one attached hydrogen (secondary N) is 1. The topological polar surface area (TPSA) is 15.3 Å². The maximum absolute atomic E-state index is 13.3. The van der Waals surface area contributed by atoms with Crippen molar-refractivity contribution in [3.8, 4) is 0 Å². The van der Waals surface area contributed by atoms with Gasteiger partial charge in [-0.2, -0.15) is 0 Å². The highest BCUT2D eigenvalue weighted by Crippen LogP contribution is 2.35. The standard InChI is InChI=1S/C18H27FN2/c1-13(2)21-11-15-6-4-7-16(12-21)18(15)20-10-14-5-3-8-17(19)9-14/h3,5,8-9,13,15-16,18,20H,4,6-7,10-12H2,1-2H3. The zero-order chi connectivity index (χ0) is 14.8. The summed E-state index contributed by atoms with van der Waals surface area (Å²) < 4.78 is 13.3. The second kappa shape index (κ2) is 6.45. The minimum absolute atomic E-state index is 0.135. The Kier molecular flexibility index (Phi) is 4.60. The van der Waals surface area contributed by atoms with Crippen LogP contribution in [0.2, 0.25) is 0 Å². The summed E-state index contributed by atoms with van der Waals surface area (Å²) in [7, 11) is 0. The van der Waals surface area contributed by atoms with E-state index < -0.39 is 0 Å². The van der Waals surface area contributed by atoms with E-state index in [0.717, 1.165) is 23.9 Å². The van der Waals surface area contributed by atoms with E-state index in [0.29, 0.717) is 12.1 Å². The number of nitrogens with zero attached hydrogens (tertiary/aromatic N) is 1. The van der Waals surface area contributed by atoms with E-state index in [-0.39, 0.29) is 5.82 Å². The fourth-order valence-electron chi connectivity index (χ4n) is 4.11. The molecule has 2 atom stereocenters. The summed E-state index contributed by atoms with van der Waals surface area (Å²) >= 11 is 0. The molecule has 2 unspecified atom stereocenters. The third-order valence-electron chi connectivity index (χ3n) is 5.26. The molecule has 0 radical (unpaired) electrons. The Balaban J connectivity index is 1.63. The Labute approximate surface area is 127 Å². The van der Waals surface area contributed by atoms with E-state index in [2.05, 4.69) is 24.1 Å². The van der Waals surface area contributed by atoms with E-state index in [4.69, 9.17) is 0 Å². The highest BCUT2D eigenvalue weighted by Gasteiger charge is 2.39. The molecule has 1 saturated carbocycles. The minimum Gasteiger partial charge on any atom is -0.309 e. The van der Waals surface area contributed by atoms with Crippen molar-refractivity contribution in [3.05, 3.63) is 35.6 Å². The Morgan fingerprint density at radius 3 is 2.57 bits per heavy atom. The van der Waals surface area contributed by atoms with Crippen LogP contribution in [0, 0.1) is 17.7 Å². The molecule has 2 bridgehead atoms. The zero-order valence-corrected chi connectivity index (χ0v) is 13.2. The zero-order valence-electron chi connectivity index (χ0n) is 13.2. The predicted molar refractivity (Wildman–Crippen MR) is 84.6 cm³/mol.